The van der Waals surface area contributed by atoms with E-state index in [9.17, 15) is 4.79 Å². The molecule has 0 radical (unpaired) electrons. The van der Waals surface area contributed by atoms with Crippen LogP contribution in [0, 0.1) is 0 Å². The van der Waals surface area contributed by atoms with Gasteiger partial charge in [-0.15, -0.1) is 0 Å². The van der Waals surface area contributed by atoms with Crippen molar-refractivity contribution in [3.63, 3.8) is 0 Å². The minimum absolute atomic E-state index is 0.0892. The van der Waals surface area contributed by atoms with Crippen molar-refractivity contribution < 1.29 is 19.2 Å². The standard InChI is InChI=1S/C18H26N2O3/c1-22-16-6-8-17(9-7-16)23-14-18(21)20-12-10-19(11-13-20)15-4-2-3-5-15/h6-9,15H,2-5,10-14H2,1H3/p+1. The molecule has 2 aliphatic rings. The number of quaternary nitrogens is 1. The number of nitrogens with one attached hydrogen (secondary N) is 1. The highest BCUT2D eigenvalue weighted by atomic mass is 16.5. The van der Waals surface area contributed by atoms with E-state index in [0.717, 1.165) is 38.0 Å². The molecule has 1 aromatic rings. The number of benzene rings is 1. The summed E-state index contributed by atoms with van der Waals surface area (Å²) in [6, 6.07) is 8.16. The van der Waals surface area contributed by atoms with E-state index in [1.165, 1.54) is 25.7 Å². The Morgan fingerprint density at radius 3 is 2.35 bits per heavy atom. The Labute approximate surface area is 138 Å². The third-order valence-electron chi connectivity index (χ3n) is 5.11. The van der Waals surface area contributed by atoms with Gasteiger partial charge in [0.25, 0.3) is 5.91 Å². The molecule has 1 aromatic carbocycles. The van der Waals surface area contributed by atoms with Crippen LogP contribution in [0.2, 0.25) is 0 Å². The van der Waals surface area contributed by atoms with Gasteiger partial charge in [0.15, 0.2) is 6.61 Å². The van der Waals surface area contributed by atoms with Gasteiger partial charge in [-0.1, -0.05) is 0 Å². The van der Waals surface area contributed by atoms with Crippen LogP contribution in [0.1, 0.15) is 25.7 Å². The number of carbonyl (C=O) groups excluding carboxylic acids is 1. The van der Waals surface area contributed by atoms with Gasteiger partial charge in [0.1, 0.15) is 11.5 Å². The van der Waals surface area contributed by atoms with Gasteiger partial charge >= 0.3 is 0 Å². The van der Waals surface area contributed by atoms with Crippen LogP contribution in [0.25, 0.3) is 0 Å². The van der Waals surface area contributed by atoms with Crippen molar-refractivity contribution in [2.75, 3.05) is 39.9 Å². The number of piperazine rings is 1. The highest BCUT2D eigenvalue weighted by Crippen LogP contribution is 2.17. The van der Waals surface area contributed by atoms with Crippen LogP contribution in [0.3, 0.4) is 0 Å². The summed E-state index contributed by atoms with van der Waals surface area (Å²) in [6.07, 6.45) is 5.49. The van der Waals surface area contributed by atoms with Gasteiger partial charge in [-0.05, 0) is 49.9 Å². The third kappa shape index (κ3) is 4.16. The molecule has 0 atom stereocenters. The lowest BCUT2D eigenvalue weighted by molar-refractivity contribution is -0.928. The molecule has 1 heterocycles. The largest absolute Gasteiger partial charge is 0.497 e. The zero-order valence-electron chi connectivity index (χ0n) is 13.9. The van der Waals surface area contributed by atoms with Crippen LogP contribution in [0.15, 0.2) is 24.3 Å². The van der Waals surface area contributed by atoms with Crippen LogP contribution < -0.4 is 14.4 Å². The first-order valence-electron chi connectivity index (χ1n) is 8.65. The molecule has 1 aliphatic carbocycles. The van der Waals surface area contributed by atoms with Gasteiger partial charge in [-0.3, -0.25) is 4.79 Å². The summed E-state index contributed by atoms with van der Waals surface area (Å²) in [5, 5.41) is 0. The molecule has 23 heavy (non-hydrogen) atoms. The van der Waals surface area contributed by atoms with Crippen LogP contribution in [0.4, 0.5) is 0 Å². The smallest absolute Gasteiger partial charge is 0.260 e. The van der Waals surface area contributed by atoms with Gasteiger partial charge in [0.05, 0.1) is 39.3 Å². The summed E-state index contributed by atoms with van der Waals surface area (Å²) in [6.45, 7) is 4.00. The van der Waals surface area contributed by atoms with Crippen LogP contribution in [-0.4, -0.2) is 56.7 Å². The van der Waals surface area contributed by atoms with E-state index in [0.29, 0.717) is 5.75 Å². The molecule has 5 nitrogen and oxygen atoms in total. The van der Waals surface area contributed by atoms with Gasteiger partial charge in [0, 0.05) is 0 Å². The van der Waals surface area contributed by atoms with E-state index < -0.39 is 0 Å². The average Bonchev–Trinajstić information content (AvgIpc) is 3.15. The Balaban J connectivity index is 1.42. The van der Waals surface area contributed by atoms with Crippen molar-refractivity contribution in [3.8, 4) is 11.5 Å². The van der Waals surface area contributed by atoms with E-state index in [1.54, 1.807) is 12.0 Å². The Hall–Kier alpha value is -1.75. The summed E-state index contributed by atoms with van der Waals surface area (Å²) >= 11 is 0. The number of amides is 1. The minimum Gasteiger partial charge on any atom is -0.497 e. The number of rotatable bonds is 5. The molecular weight excluding hydrogens is 292 g/mol. The van der Waals surface area contributed by atoms with Crippen molar-refractivity contribution >= 4 is 5.91 Å². The molecule has 1 saturated heterocycles. The molecule has 2 fully saturated rings. The molecule has 1 N–H and O–H groups in total. The minimum atomic E-state index is 0.0892. The topological polar surface area (TPSA) is 43.2 Å². The fourth-order valence-corrected chi connectivity index (χ4v) is 3.69. The first-order chi connectivity index (χ1) is 11.3. The number of carbonyl (C=O) groups is 1. The predicted molar refractivity (Wildman–Crippen MR) is 88.0 cm³/mol. The second kappa shape index (κ2) is 7.68. The Kier molecular flexibility index (Phi) is 5.39. The molecule has 126 valence electrons. The first kappa shape index (κ1) is 16.1. The summed E-state index contributed by atoms with van der Waals surface area (Å²) in [4.78, 5) is 15.9. The number of ether oxygens (including phenoxy) is 2. The fraction of sp³-hybridized carbons (Fsp3) is 0.611. The first-order valence-corrected chi connectivity index (χ1v) is 8.65. The van der Waals surface area contributed by atoms with Crippen molar-refractivity contribution in [1.82, 2.24) is 4.90 Å². The number of hydrogen-bond donors (Lipinski definition) is 1. The Bertz CT molecular complexity index is 504. The van der Waals surface area contributed by atoms with Gasteiger partial charge in [-0.2, -0.15) is 0 Å². The summed E-state index contributed by atoms with van der Waals surface area (Å²) in [5.74, 6) is 1.58. The van der Waals surface area contributed by atoms with E-state index in [2.05, 4.69) is 0 Å². The normalized spacial score (nSPS) is 19.8. The number of methoxy groups -OCH3 is 1. The lowest BCUT2D eigenvalue weighted by Crippen LogP contribution is -3.18. The van der Waals surface area contributed by atoms with E-state index in [-0.39, 0.29) is 12.5 Å². The lowest BCUT2D eigenvalue weighted by Gasteiger charge is -2.35. The maximum atomic E-state index is 12.3. The SMILES string of the molecule is COc1ccc(OCC(=O)N2CC[NH+](C3CCCC3)CC2)cc1. The highest BCUT2D eigenvalue weighted by molar-refractivity contribution is 5.77. The van der Waals surface area contributed by atoms with Crippen LogP contribution in [-0.2, 0) is 4.79 Å². The zero-order chi connectivity index (χ0) is 16.1. The van der Waals surface area contributed by atoms with Crippen molar-refractivity contribution in [2.24, 2.45) is 0 Å². The quantitative estimate of drug-likeness (QED) is 0.871. The monoisotopic (exact) mass is 319 g/mol. The third-order valence-corrected chi connectivity index (χ3v) is 5.11. The highest BCUT2D eigenvalue weighted by Gasteiger charge is 2.30. The van der Waals surface area contributed by atoms with Gasteiger partial charge in [0.2, 0.25) is 0 Å². The van der Waals surface area contributed by atoms with Crippen molar-refractivity contribution in [2.45, 2.75) is 31.7 Å². The second-order valence-corrected chi connectivity index (χ2v) is 6.48. The van der Waals surface area contributed by atoms with Crippen LogP contribution >= 0.6 is 0 Å². The van der Waals surface area contributed by atoms with Gasteiger partial charge < -0.3 is 19.3 Å². The van der Waals surface area contributed by atoms with Crippen molar-refractivity contribution in [3.05, 3.63) is 24.3 Å². The molecule has 1 saturated carbocycles. The molecule has 3 rings (SSSR count). The molecular formula is C18H27N2O3+. The average molecular weight is 319 g/mol. The lowest BCUT2D eigenvalue weighted by atomic mass is 10.2. The van der Waals surface area contributed by atoms with Gasteiger partial charge in [-0.25, -0.2) is 0 Å². The predicted octanol–water partition coefficient (Wildman–Crippen LogP) is 0.744. The second-order valence-electron chi connectivity index (χ2n) is 6.48. The maximum Gasteiger partial charge on any atom is 0.260 e. The maximum absolute atomic E-state index is 12.3. The van der Waals surface area contributed by atoms with E-state index >= 15 is 0 Å². The zero-order valence-corrected chi connectivity index (χ0v) is 13.9. The van der Waals surface area contributed by atoms with E-state index in [1.807, 2.05) is 29.2 Å². The van der Waals surface area contributed by atoms with E-state index in [4.69, 9.17) is 9.47 Å². The molecule has 1 amide bonds. The Morgan fingerprint density at radius 1 is 1.13 bits per heavy atom. The number of nitrogens with zero attached hydrogens (tertiary/aromatic N) is 1. The summed E-state index contributed by atoms with van der Waals surface area (Å²) in [5.41, 5.74) is 0. The molecule has 5 heteroatoms. The summed E-state index contributed by atoms with van der Waals surface area (Å²) in [7, 11) is 1.63. The Morgan fingerprint density at radius 2 is 1.74 bits per heavy atom. The summed E-state index contributed by atoms with van der Waals surface area (Å²) < 4.78 is 10.7. The molecule has 1 aliphatic heterocycles. The van der Waals surface area contributed by atoms with Crippen LogP contribution in [0.5, 0.6) is 11.5 Å². The molecule has 0 spiro atoms. The number of hydrogen-bond acceptors (Lipinski definition) is 3. The van der Waals surface area contributed by atoms with Crippen molar-refractivity contribution in [1.29, 1.82) is 0 Å². The molecule has 0 unspecified atom stereocenters. The fourth-order valence-electron chi connectivity index (χ4n) is 3.69. The molecule has 0 bridgehead atoms. The molecule has 0 aromatic heterocycles.